The fourth-order valence-corrected chi connectivity index (χ4v) is 1.97. The molecule has 0 radical (unpaired) electrons. The number of hydrogen-bond acceptors (Lipinski definition) is 3. The van der Waals surface area contributed by atoms with Crippen molar-refractivity contribution in [1.29, 1.82) is 5.26 Å². The van der Waals surface area contributed by atoms with Gasteiger partial charge in [0.25, 0.3) is 0 Å². The van der Waals surface area contributed by atoms with Crippen LogP contribution in [-0.2, 0) is 0 Å². The van der Waals surface area contributed by atoms with E-state index in [0.29, 0.717) is 5.56 Å². The Morgan fingerprint density at radius 3 is 2.86 bits per heavy atom. The standard InChI is InChI=1S/C11H13NOS/c1-8-3-4-11(10(5-8)6-12)14-9(2)7-13/h3-5,9,13H,7H2,1-2H3. The summed E-state index contributed by atoms with van der Waals surface area (Å²) in [5, 5.41) is 17.9. The monoisotopic (exact) mass is 207 g/mol. The number of nitriles is 1. The molecule has 2 nitrogen and oxygen atoms in total. The lowest BCUT2D eigenvalue weighted by atomic mass is 10.2. The Kier molecular flexibility index (Phi) is 3.99. The Morgan fingerprint density at radius 1 is 1.57 bits per heavy atom. The summed E-state index contributed by atoms with van der Waals surface area (Å²) in [6.07, 6.45) is 0. The van der Waals surface area contributed by atoms with Gasteiger partial charge in [-0.15, -0.1) is 11.8 Å². The van der Waals surface area contributed by atoms with E-state index in [2.05, 4.69) is 6.07 Å². The molecule has 1 aromatic rings. The van der Waals surface area contributed by atoms with Crippen molar-refractivity contribution in [2.45, 2.75) is 24.0 Å². The molecule has 3 heteroatoms. The smallest absolute Gasteiger partial charge is 0.100 e. The van der Waals surface area contributed by atoms with Gasteiger partial charge in [0.05, 0.1) is 12.2 Å². The van der Waals surface area contributed by atoms with E-state index < -0.39 is 0 Å². The van der Waals surface area contributed by atoms with Gasteiger partial charge in [0, 0.05) is 10.1 Å². The minimum absolute atomic E-state index is 0.128. The van der Waals surface area contributed by atoms with Gasteiger partial charge in [-0.25, -0.2) is 0 Å². The SMILES string of the molecule is Cc1ccc(SC(C)CO)c(C#N)c1. The lowest BCUT2D eigenvalue weighted by Crippen LogP contribution is -2.02. The first kappa shape index (κ1) is 11.1. The fourth-order valence-electron chi connectivity index (χ4n) is 1.09. The van der Waals surface area contributed by atoms with Gasteiger partial charge < -0.3 is 5.11 Å². The first-order chi connectivity index (χ1) is 6.67. The number of aryl methyl sites for hydroxylation is 1. The molecule has 0 aromatic heterocycles. The predicted octanol–water partition coefficient (Wildman–Crippen LogP) is 2.34. The number of rotatable bonds is 3. The average Bonchev–Trinajstić information content (AvgIpc) is 2.20. The summed E-state index contributed by atoms with van der Waals surface area (Å²) < 4.78 is 0. The van der Waals surface area contributed by atoms with E-state index in [1.54, 1.807) is 0 Å². The highest BCUT2D eigenvalue weighted by Gasteiger charge is 2.07. The van der Waals surface area contributed by atoms with Gasteiger partial charge in [-0.2, -0.15) is 5.26 Å². The van der Waals surface area contributed by atoms with E-state index in [0.717, 1.165) is 10.5 Å². The van der Waals surface area contributed by atoms with Crippen LogP contribution in [-0.4, -0.2) is 17.0 Å². The largest absolute Gasteiger partial charge is 0.395 e. The fraction of sp³-hybridized carbons (Fsp3) is 0.364. The lowest BCUT2D eigenvalue weighted by Gasteiger charge is -2.09. The topological polar surface area (TPSA) is 44.0 Å². The summed E-state index contributed by atoms with van der Waals surface area (Å²) in [7, 11) is 0. The Bertz CT molecular complexity index is 357. The number of thioether (sulfide) groups is 1. The minimum atomic E-state index is 0.128. The molecule has 1 rings (SSSR count). The summed E-state index contributed by atoms with van der Waals surface area (Å²) >= 11 is 1.53. The maximum Gasteiger partial charge on any atom is 0.100 e. The number of aliphatic hydroxyl groups excluding tert-OH is 1. The number of benzene rings is 1. The van der Waals surface area contributed by atoms with Gasteiger partial charge in [-0.05, 0) is 24.6 Å². The number of hydrogen-bond donors (Lipinski definition) is 1. The van der Waals surface area contributed by atoms with Crippen LogP contribution in [0.5, 0.6) is 0 Å². The molecular weight excluding hydrogens is 194 g/mol. The van der Waals surface area contributed by atoms with Crippen molar-refractivity contribution in [3.05, 3.63) is 29.3 Å². The van der Waals surface area contributed by atoms with Crippen LogP contribution in [0.15, 0.2) is 23.1 Å². The molecule has 0 aliphatic rings. The molecule has 0 bridgehead atoms. The van der Waals surface area contributed by atoms with Gasteiger partial charge in [0.15, 0.2) is 0 Å². The van der Waals surface area contributed by atoms with E-state index in [1.807, 2.05) is 32.0 Å². The van der Waals surface area contributed by atoms with Crippen LogP contribution < -0.4 is 0 Å². The molecule has 0 saturated carbocycles. The molecule has 1 atom stereocenters. The van der Waals surface area contributed by atoms with Gasteiger partial charge in [-0.1, -0.05) is 13.0 Å². The third kappa shape index (κ3) is 2.76. The average molecular weight is 207 g/mol. The Balaban J connectivity index is 2.92. The van der Waals surface area contributed by atoms with Crippen LogP contribution in [0.2, 0.25) is 0 Å². The number of nitrogens with zero attached hydrogens (tertiary/aromatic N) is 1. The molecule has 1 unspecified atom stereocenters. The van der Waals surface area contributed by atoms with Crippen molar-refractivity contribution in [1.82, 2.24) is 0 Å². The molecule has 0 fully saturated rings. The summed E-state index contributed by atoms with van der Waals surface area (Å²) in [6.45, 7) is 4.03. The first-order valence-corrected chi connectivity index (χ1v) is 5.33. The second-order valence-corrected chi connectivity index (χ2v) is 4.70. The first-order valence-electron chi connectivity index (χ1n) is 4.45. The normalized spacial score (nSPS) is 12.1. The van der Waals surface area contributed by atoms with E-state index in [9.17, 15) is 0 Å². The second-order valence-electron chi connectivity index (χ2n) is 3.22. The van der Waals surface area contributed by atoms with Crippen LogP contribution in [0.3, 0.4) is 0 Å². The van der Waals surface area contributed by atoms with Gasteiger partial charge in [-0.3, -0.25) is 0 Å². The van der Waals surface area contributed by atoms with Crippen LogP contribution in [0.1, 0.15) is 18.1 Å². The summed E-state index contributed by atoms with van der Waals surface area (Å²) in [5.41, 5.74) is 1.78. The number of aliphatic hydroxyl groups is 1. The van der Waals surface area contributed by atoms with Crippen molar-refractivity contribution in [2.75, 3.05) is 6.61 Å². The Hall–Kier alpha value is -0.980. The zero-order valence-electron chi connectivity index (χ0n) is 8.32. The molecule has 0 spiro atoms. The molecule has 0 amide bonds. The van der Waals surface area contributed by atoms with Crippen molar-refractivity contribution in [3.63, 3.8) is 0 Å². The zero-order chi connectivity index (χ0) is 10.6. The predicted molar refractivity (Wildman–Crippen MR) is 58.3 cm³/mol. The third-order valence-corrected chi connectivity index (χ3v) is 3.00. The summed E-state index contributed by atoms with van der Waals surface area (Å²) in [4.78, 5) is 0.944. The summed E-state index contributed by atoms with van der Waals surface area (Å²) in [5.74, 6) is 0. The van der Waals surface area contributed by atoms with Gasteiger partial charge in [0.1, 0.15) is 6.07 Å². The molecule has 0 aliphatic heterocycles. The molecule has 0 aliphatic carbocycles. The molecule has 0 heterocycles. The van der Waals surface area contributed by atoms with Crippen molar-refractivity contribution < 1.29 is 5.11 Å². The zero-order valence-corrected chi connectivity index (χ0v) is 9.14. The maximum atomic E-state index is 8.91. The van der Waals surface area contributed by atoms with Crippen molar-refractivity contribution in [2.24, 2.45) is 0 Å². The Morgan fingerprint density at radius 2 is 2.29 bits per heavy atom. The van der Waals surface area contributed by atoms with Gasteiger partial charge >= 0.3 is 0 Å². The van der Waals surface area contributed by atoms with E-state index >= 15 is 0 Å². The van der Waals surface area contributed by atoms with Crippen molar-refractivity contribution >= 4 is 11.8 Å². The van der Waals surface area contributed by atoms with E-state index in [-0.39, 0.29) is 11.9 Å². The van der Waals surface area contributed by atoms with Crippen LogP contribution in [0, 0.1) is 18.3 Å². The molecule has 14 heavy (non-hydrogen) atoms. The van der Waals surface area contributed by atoms with Crippen LogP contribution in [0.4, 0.5) is 0 Å². The third-order valence-electron chi connectivity index (χ3n) is 1.84. The van der Waals surface area contributed by atoms with E-state index in [1.165, 1.54) is 11.8 Å². The molecule has 1 aromatic carbocycles. The van der Waals surface area contributed by atoms with Crippen LogP contribution >= 0.6 is 11.8 Å². The summed E-state index contributed by atoms with van der Waals surface area (Å²) in [6, 6.07) is 7.95. The highest BCUT2D eigenvalue weighted by Crippen LogP contribution is 2.26. The van der Waals surface area contributed by atoms with Crippen LogP contribution in [0.25, 0.3) is 0 Å². The maximum absolute atomic E-state index is 8.91. The second kappa shape index (κ2) is 5.04. The molecule has 74 valence electrons. The highest BCUT2D eigenvalue weighted by atomic mass is 32.2. The molecule has 0 saturated heterocycles. The highest BCUT2D eigenvalue weighted by molar-refractivity contribution is 8.00. The quantitative estimate of drug-likeness (QED) is 0.774. The molecular formula is C11H13NOS. The molecule has 1 N–H and O–H groups in total. The van der Waals surface area contributed by atoms with Gasteiger partial charge in [0.2, 0.25) is 0 Å². The van der Waals surface area contributed by atoms with E-state index in [4.69, 9.17) is 10.4 Å². The lowest BCUT2D eigenvalue weighted by molar-refractivity contribution is 0.300. The van der Waals surface area contributed by atoms with Crippen molar-refractivity contribution in [3.8, 4) is 6.07 Å². The minimum Gasteiger partial charge on any atom is -0.395 e. The Labute approximate surface area is 88.6 Å².